The summed E-state index contributed by atoms with van der Waals surface area (Å²) < 4.78 is 0. The van der Waals surface area contributed by atoms with Gasteiger partial charge in [0, 0.05) is 22.3 Å². The van der Waals surface area contributed by atoms with E-state index in [1.54, 1.807) is 11.3 Å². The van der Waals surface area contributed by atoms with Crippen LogP contribution in [0.4, 0.5) is 0 Å². The monoisotopic (exact) mass is 240 g/mol. The topological polar surface area (TPSA) is 41.1 Å². The molecule has 1 atom stereocenters. The second-order valence-electron chi connectivity index (χ2n) is 4.28. The van der Waals surface area contributed by atoms with Gasteiger partial charge in [-0.2, -0.15) is 0 Å². The zero-order chi connectivity index (χ0) is 12.1. The van der Waals surface area contributed by atoms with Gasteiger partial charge in [-0.05, 0) is 39.8 Å². The van der Waals surface area contributed by atoms with Gasteiger partial charge in [0.15, 0.2) is 0 Å². The molecule has 2 N–H and O–H groups in total. The average molecular weight is 240 g/mol. The molecule has 0 aliphatic carbocycles. The molecule has 1 rings (SSSR count). The lowest BCUT2D eigenvalue weighted by atomic mass is 10.2. The molecule has 0 aliphatic rings. The second-order valence-corrected chi connectivity index (χ2v) is 5.65. The first-order chi connectivity index (χ1) is 7.49. The minimum atomic E-state index is -0.148. The zero-order valence-corrected chi connectivity index (χ0v) is 11.1. The van der Waals surface area contributed by atoms with E-state index < -0.39 is 0 Å². The van der Waals surface area contributed by atoms with Crippen molar-refractivity contribution in [3.05, 3.63) is 21.9 Å². The molecule has 0 fully saturated rings. The third-order valence-corrected chi connectivity index (χ3v) is 3.20. The molecule has 3 nitrogen and oxygen atoms in total. The molecule has 0 aromatic carbocycles. The lowest BCUT2D eigenvalue weighted by molar-refractivity contribution is -0.123. The van der Waals surface area contributed by atoms with E-state index in [1.807, 2.05) is 20.8 Å². The Bertz CT molecular complexity index is 347. The maximum atomic E-state index is 11.6. The first-order valence-corrected chi connectivity index (χ1v) is 6.39. The van der Waals surface area contributed by atoms with Gasteiger partial charge in [0.25, 0.3) is 0 Å². The average Bonchev–Trinajstić information content (AvgIpc) is 2.59. The van der Waals surface area contributed by atoms with Crippen LogP contribution in [0.5, 0.6) is 0 Å². The van der Waals surface area contributed by atoms with Gasteiger partial charge in [0.05, 0.1) is 6.04 Å². The summed E-state index contributed by atoms with van der Waals surface area (Å²) in [6.07, 6.45) is 0. The van der Waals surface area contributed by atoms with Crippen molar-refractivity contribution in [2.75, 3.05) is 0 Å². The summed E-state index contributed by atoms with van der Waals surface area (Å²) in [5, 5.41) is 6.10. The summed E-state index contributed by atoms with van der Waals surface area (Å²) in [6, 6.07) is 4.24. The summed E-state index contributed by atoms with van der Waals surface area (Å²) in [7, 11) is 0. The highest BCUT2D eigenvalue weighted by Crippen LogP contribution is 2.14. The number of rotatable bonds is 5. The van der Waals surface area contributed by atoms with Crippen molar-refractivity contribution in [3.63, 3.8) is 0 Å². The molecule has 0 aliphatic heterocycles. The highest BCUT2D eigenvalue weighted by Gasteiger charge is 2.12. The first-order valence-electron chi connectivity index (χ1n) is 5.58. The highest BCUT2D eigenvalue weighted by molar-refractivity contribution is 7.11. The van der Waals surface area contributed by atoms with Crippen molar-refractivity contribution in [1.29, 1.82) is 0 Å². The Morgan fingerprint density at radius 1 is 1.38 bits per heavy atom. The van der Waals surface area contributed by atoms with Gasteiger partial charge < -0.3 is 10.6 Å². The molecule has 1 aromatic heterocycles. The van der Waals surface area contributed by atoms with E-state index in [1.165, 1.54) is 9.75 Å². The van der Waals surface area contributed by atoms with Crippen LogP contribution in [0, 0.1) is 6.92 Å². The van der Waals surface area contributed by atoms with Crippen LogP contribution < -0.4 is 10.6 Å². The summed E-state index contributed by atoms with van der Waals surface area (Å²) in [6.45, 7) is 8.66. The molecular weight excluding hydrogens is 220 g/mol. The molecule has 0 radical (unpaired) electrons. The molecule has 0 spiro atoms. The predicted octanol–water partition coefficient (Wildman–Crippen LogP) is 2.06. The van der Waals surface area contributed by atoms with Crippen molar-refractivity contribution in [3.8, 4) is 0 Å². The molecule has 4 heteroatoms. The number of hydrogen-bond acceptors (Lipinski definition) is 3. The van der Waals surface area contributed by atoms with Gasteiger partial charge in [0.2, 0.25) is 5.91 Å². The van der Waals surface area contributed by atoms with Crippen LogP contribution >= 0.6 is 11.3 Å². The fourth-order valence-corrected chi connectivity index (χ4v) is 2.18. The maximum absolute atomic E-state index is 11.6. The summed E-state index contributed by atoms with van der Waals surface area (Å²) in [4.78, 5) is 14.2. The maximum Gasteiger partial charge on any atom is 0.237 e. The van der Waals surface area contributed by atoms with Gasteiger partial charge in [-0.1, -0.05) is 0 Å². The van der Waals surface area contributed by atoms with Gasteiger partial charge in [0.1, 0.15) is 0 Å². The minimum absolute atomic E-state index is 0.0586. The fraction of sp³-hybridized carbons (Fsp3) is 0.583. The van der Waals surface area contributed by atoms with Crippen molar-refractivity contribution in [2.24, 2.45) is 0 Å². The Morgan fingerprint density at radius 3 is 2.56 bits per heavy atom. The number of amides is 1. The Kier molecular flexibility index (Phi) is 4.96. The number of hydrogen-bond donors (Lipinski definition) is 2. The molecule has 1 aromatic rings. The van der Waals surface area contributed by atoms with E-state index >= 15 is 0 Å². The summed E-state index contributed by atoms with van der Waals surface area (Å²) in [5.41, 5.74) is 0. The third kappa shape index (κ3) is 4.33. The SMILES string of the molecule is Cc1ccc(CNC(C)C(=O)NC(C)C)s1. The minimum Gasteiger partial charge on any atom is -0.353 e. The number of aryl methyl sites for hydroxylation is 1. The fourth-order valence-electron chi connectivity index (χ4n) is 1.34. The van der Waals surface area contributed by atoms with Crippen molar-refractivity contribution < 1.29 is 4.79 Å². The molecule has 1 amide bonds. The van der Waals surface area contributed by atoms with Crippen molar-refractivity contribution in [2.45, 2.75) is 46.3 Å². The van der Waals surface area contributed by atoms with Crippen LogP contribution in [0.3, 0.4) is 0 Å². The van der Waals surface area contributed by atoms with E-state index in [0.717, 1.165) is 6.54 Å². The largest absolute Gasteiger partial charge is 0.353 e. The van der Waals surface area contributed by atoms with Crippen LogP contribution in [0.1, 0.15) is 30.5 Å². The Balaban J connectivity index is 2.34. The highest BCUT2D eigenvalue weighted by atomic mass is 32.1. The lowest BCUT2D eigenvalue weighted by Gasteiger charge is -2.15. The van der Waals surface area contributed by atoms with Crippen LogP contribution in [-0.2, 0) is 11.3 Å². The number of carbonyl (C=O) groups is 1. The molecule has 16 heavy (non-hydrogen) atoms. The quantitative estimate of drug-likeness (QED) is 0.827. The Labute approximate surface area is 101 Å². The van der Waals surface area contributed by atoms with E-state index in [-0.39, 0.29) is 18.0 Å². The van der Waals surface area contributed by atoms with Crippen molar-refractivity contribution >= 4 is 17.2 Å². The molecule has 1 unspecified atom stereocenters. The number of nitrogens with one attached hydrogen (secondary N) is 2. The van der Waals surface area contributed by atoms with Gasteiger partial charge in [-0.15, -0.1) is 11.3 Å². The third-order valence-electron chi connectivity index (χ3n) is 2.20. The number of thiophene rings is 1. The normalized spacial score (nSPS) is 12.8. The predicted molar refractivity (Wildman–Crippen MR) is 68.6 cm³/mol. The van der Waals surface area contributed by atoms with E-state index in [0.29, 0.717) is 0 Å². The number of carbonyl (C=O) groups excluding carboxylic acids is 1. The van der Waals surface area contributed by atoms with Gasteiger partial charge in [-0.25, -0.2) is 0 Å². The van der Waals surface area contributed by atoms with E-state index in [2.05, 4.69) is 29.7 Å². The molecule has 0 saturated carbocycles. The van der Waals surface area contributed by atoms with Crippen LogP contribution in [0.25, 0.3) is 0 Å². The first kappa shape index (κ1) is 13.2. The van der Waals surface area contributed by atoms with E-state index in [4.69, 9.17) is 0 Å². The van der Waals surface area contributed by atoms with E-state index in [9.17, 15) is 4.79 Å². The lowest BCUT2D eigenvalue weighted by Crippen LogP contribution is -2.44. The zero-order valence-electron chi connectivity index (χ0n) is 10.3. The molecule has 0 bridgehead atoms. The van der Waals surface area contributed by atoms with Gasteiger partial charge >= 0.3 is 0 Å². The smallest absolute Gasteiger partial charge is 0.237 e. The molecule has 0 saturated heterocycles. The Morgan fingerprint density at radius 2 is 2.06 bits per heavy atom. The molecule has 1 heterocycles. The summed E-state index contributed by atoms with van der Waals surface area (Å²) >= 11 is 1.76. The summed E-state index contributed by atoms with van der Waals surface area (Å²) in [5.74, 6) is 0.0586. The van der Waals surface area contributed by atoms with Crippen LogP contribution in [0.15, 0.2) is 12.1 Å². The van der Waals surface area contributed by atoms with Crippen molar-refractivity contribution in [1.82, 2.24) is 10.6 Å². The standard InChI is InChI=1S/C12H20N2OS/c1-8(2)14-12(15)10(4)13-7-11-6-5-9(3)16-11/h5-6,8,10,13H,7H2,1-4H3,(H,14,15). The van der Waals surface area contributed by atoms with Gasteiger partial charge in [-0.3, -0.25) is 4.79 Å². The molecular formula is C12H20N2OS. The Hall–Kier alpha value is -0.870. The second kappa shape index (κ2) is 6.01. The van der Waals surface area contributed by atoms with Crippen LogP contribution in [-0.4, -0.2) is 18.0 Å². The van der Waals surface area contributed by atoms with Crippen LogP contribution in [0.2, 0.25) is 0 Å². The molecule has 90 valence electrons.